The number of aromatic nitrogens is 2. The number of hydrogen-bond acceptors (Lipinski definition) is 3. The lowest BCUT2D eigenvalue weighted by Gasteiger charge is -2.06. The van der Waals surface area contributed by atoms with Gasteiger partial charge in [0, 0.05) is 11.1 Å². The Labute approximate surface area is 119 Å². The summed E-state index contributed by atoms with van der Waals surface area (Å²) in [6.45, 7) is 0. The van der Waals surface area contributed by atoms with Gasteiger partial charge in [0.1, 0.15) is 0 Å². The van der Waals surface area contributed by atoms with Crippen LogP contribution in [0.5, 0.6) is 0 Å². The van der Waals surface area contributed by atoms with Crippen molar-refractivity contribution in [1.29, 1.82) is 0 Å². The summed E-state index contributed by atoms with van der Waals surface area (Å²) in [5.41, 5.74) is 8.94. The third-order valence-corrected chi connectivity index (χ3v) is 4.62. The molecule has 0 unspecified atom stereocenters. The number of hydrogen-bond donors (Lipinski definition) is 1. The van der Waals surface area contributed by atoms with Gasteiger partial charge in [-0.3, -0.25) is 0 Å². The summed E-state index contributed by atoms with van der Waals surface area (Å²) < 4.78 is 2.30. The minimum atomic E-state index is 0.542. The molecule has 3 nitrogen and oxygen atoms in total. The highest BCUT2D eigenvalue weighted by Gasteiger charge is 2.29. The summed E-state index contributed by atoms with van der Waals surface area (Å²) in [7, 11) is 0. The second kappa shape index (κ2) is 3.99. The molecule has 0 spiro atoms. The molecular formula is C14H12ClN3S. The number of benzene rings is 1. The van der Waals surface area contributed by atoms with E-state index in [0.717, 1.165) is 32.4 Å². The SMILES string of the molecule is Nc1ccsc1-c1nc2ccc(Cl)cc2n1C1CC1. The van der Waals surface area contributed by atoms with Crippen LogP contribution in [0.4, 0.5) is 5.69 Å². The van der Waals surface area contributed by atoms with Gasteiger partial charge in [-0.1, -0.05) is 11.6 Å². The number of rotatable bonds is 2. The van der Waals surface area contributed by atoms with Gasteiger partial charge >= 0.3 is 0 Å². The molecule has 4 rings (SSSR count). The van der Waals surface area contributed by atoms with Gasteiger partial charge in [0.05, 0.1) is 21.6 Å². The third-order valence-electron chi connectivity index (χ3n) is 3.46. The van der Waals surface area contributed by atoms with Gasteiger partial charge in [0.2, 0.25) is 0 Å². The van der Waals surface area contributed by atoms with Crippen molar-refractivity contribution in [3.05, 3.63) is 34.7 Å². The molecule has 1 fully saturated rings. The Morgan fingerprint density at radius 3 is 2.84 bits per heavy atom. The fraction of sp³-hybridized carbons (Fsp3) is 0.214. The van der Waals surface area contributed by atoms with Crippen LogP contribution in [0.1, 0.15) is 18.9 Å². The zero-order valence-electron chi connectivity index (χ0n) is 10.1. The predicted octanol–water partition coefficient (Wildman–Crippen LogP) is 4.34. The van der Waals surface area contributed by atoms with Gasteiger partial charge in [0.25, 0.3) is 0 Å². The quantitative estimate of drug-likeness (QED) is 0.763. The number of nitrogens with two attached hydrogens (primary N) is 1. The molecule has 2 N–H and O–H groups in total. The van der Waals surface area contributed by atoms with E-state index >= 15 is 0 Å². The van der Waals surface area contributed by atoms with Crippen molar-refractivity contribution in [3.63, 3.8) is 0 Å². The number of halogens is 1. The average Bonchev–Trinajstić information content (AvgIpc) is 3.03. The fourth-order valence-electron chi connectivity index (χ4n) is 2.43. The lowest BCUT2D eigenvalue weighted by atomic mass is 10.3. The van der Waals surface area contributed by atoms with Crippen LogP contribution in [0, 0.1) is 0 Å². The molecule has 5 heteroatoms. The second-order valence-electron chi connectivity index (χ2n) is 4.87. The molecule has 1 saturated carbocycles. The van der Waals surface area contributed by atoms with Crippen molar-refractivity contribution in [2.75, 3.05) is 5.73 Å². The van der Waals surface area contributed by atoms with Crippen molar-refractivity contribution < 1.29 is 0 Å². The lowest BCUT2D eigenvalue weighted by molar-refractivity contribution is 0.777. The van der Waals surface area contributed by atoms with E-state index in [2.05, 4.69) is 4.57 Å². The molecular weight excluding hydrogens is 278 g/mol. The summed E-state index contributed by atoms with van der Waals surface area (Å²) in [6, 6.07) is 8.33. The van der Waals surface area contributed by atoms with Crippen LogP contribution in [0.25, 0.3) is 21.7 Å². The maximum absolute atomic E-state index is 6.12. The number of imidazole rings is 1. The summed E-state index contributed by atoms with van der Waals surface area (Å²) in [4.78, 5) is 5.81. The predicted molar refractivity (Wildman–Crippen MR) is 80.7 cm³/mol. The van der Waals surface area contributed by atoms with E-state index < -0.39 is 0 Å². The van der Waals surface area contributed by atoms with E-state index in [1.54, 1.807) is 11.3 Å². The highest BCUT2D eigenvalue weighted by molar-refractivity contribution is 7.14. The first kappa shape index (κ1) is 11.3. The van der Waals surface area contributed by atoms with Crippen LogP contribution < -0.4 is 5.73 Å². The largest absolute Gasteiger partial charge is 0.397 e. The van der Waals surface area contributed by atoms with Gasteiger partial charge in [-0.25, -0.2) is 4.98 Å². The summed E-state index contributed by atoms with van der Waals surface area (Å²) in [6.07, 6.45) is 2.41. The Bertz CT molecular complexity index is 770. The first-order valence-corrected chi connectivity index (χ1v) is 7.50. The van der Waals surface area contributed by atoms with Crippen molar-refractivity contribution in [1.82, 2.24) is 9.55 Å². The summed E-state index contributed by atoms with van der Waals surface area (Å²) in [5.74, 6) is 0.979. The van der Waals surface area contributed by atoms with Crippen molar-refractivity contribution >= 4 is 39.7 Å². The van der Waals surface area contributed by atoms with Crippen molar-refractivity contribution in [2.45, 2.75) is 18.9 Å². The van der Waals surface area contributed by atoms with Crippen LogP contribution >= 0.6 is 22.9 Å². The molecule has 1 aliphatic rings. The highest BCUT2D eigenvalue weighted by atomic mass is 35.5. The molecule has 1 aliphatic carbocycles. The third kappa shape index (κ3) is 1.75. The molecule has 0 saturated heterocycles. The number of fused-ring (bicyclic) bond motifs is 1. The molecule has 2 heterocycles. The Balaban J connectivity index is 2.05. The van der Waals surface area contributed by atoms with E-state index in [1.807, 2.05) is 29.6 Å². The zero-order valence-corrected chi connectivity index (χ0v) is 11.7. The zero-order chi connectivity index (χ0) is 13.0. The fourth-order valence-corrected chi connectivity index (χ4v) is 3.40. The molecule has 1 aromatic carbocycles. The molecule has 0 amide bonds. The van der Waals surface area contributed by atoms with Gasteiger partial charge in [-0.15, -0.1) is 11.3 Å². The van der Waals surface area contributed by atoms with Crippen LogP contribution in [-0.2, 0) is 0 Å². The number of thiophene rings is 1. The summed E-state index contributed by atoms with van der Waals surface area (Å²) >= 11 is 7.76. The average molecular weight is 290 g/mol. The second-order valence-corrected chi connectivity index (χ2v) is 6.23. The van der Waals surface area contributed by atoms with Crippen LogP contribution in [0.15, 0.2) is 29.6 Å². The lowest BCUT2D eigenvalue weighted by Crippen LogP contribution is -1.97. The molecule has 0 atom stereocenters. The Morgan fingerprint density at radius 2 is 2.16 bits per heavy atom. The molecule has 19 heavy (non-hydrogen) atoms. The van der Waals surface area contributed by atoms with Crippen LogP contribution in [0.2, 0.25) is 5.02 Å². The first-order valence-electron chi connectivity index (χ1n) is 6.25. The first-order chi connectivity index (χ1) is 9.24. The van der Waals surface area contributed by atoms with Crippen LogP contribution in [-0.4, -0.2) is 9.55 Å². The molecule has 96 valence electrons. The van der Waals surface area contributed by atoms with Gasteiger partial charge in [-0.2, -0.15) is 0 Å². The molecule has 2 aromatic heterocycles. The topological polar surface area (TPSA) is 43.8 Å². The minimum Gasteiger partial charge on any atom is -0.397 e. The monoisotopic (exact) mass is 289 g/mol. The highest BCUT2D eigenvalue weighted by Crippen LogP contribution is 2.43. The van der Waals surface area contributed by atoms with E-state index in [-0.39, 0.29) is 0 Å². The number of anilines is 1. The van der Waals surface area contributed by atoms with Crippen LogP contribution in [0.3, 0.4) is 0 Å². The maximum Gasteiger partial charge on any atom is 0.153 e. The van der Waals surface area contributed by atoms with E-state index in [1.165, 1.54) is 12.8 Å². The number of nitrogens with zero attached hydrogens (tertiary/aromatic N) is 2. The van der Waals surface area contributed by atoms with Crippen molar-refractivity contribution in [2.24, 2.45) is 0 Å². The standard InChI is InChI=1S/C14H12ClN3S/c15-8-1-4-11-12(7-8)18(9-2-3-9)14(17-11)13-10(16)5-6-19-13/h1,4-7,9H,2-3,16H2. The Kier molecular flexibility index (Phi) is 2.37. The molecule has 3 aromatic rings. The maximum atomic E-state index is 6.12. The van der Waals surface area contributed by atoms with Gasteiger partial charge in [-0.05, 0) is 42.5 Å². The molecule has 0 radical (unpaired) electrons. The molecule has 0 aliphatic heterocycles. The smallest absolute Gasteiger partial charge is 0.153 e. The van der Waals surface area contributed by atoms with Gasteiger partial charge in [0.15, 0.2) is 5.82 Å². The Hall–Kier alpha value is -1.52. The minimum absolute atomic E-state index is 0.542. The number of nitrogen functional groups attached to an aromatic ring is 1. The normalized spacial score (nSPS) is 15.2. The van der Waals surface area contributed by atoms with Gasteiger partial charge < -0.3 is 10.3 Å². The van der Waals surface area contributed by atoms with E-state index in [9.17, 15) is 0 Å². The Morgan fingerprint density at radius 1 is 1.32 bits per heavy atom. The van der Waals surface area contributed by atoms with E-state index in [4.69, 9.17) is 22.3 Å². The van der Waals surface area contributed by atoms with E-state index in [0.29, 0.717) is 6.04 Å². The van der Waals surface area contributed by atoms with Crippen molar-refractivity contribution in [3.8, 4) is 10.7 Å². The molecule has 0 bridgehead atoms. The summed E-state index contributed by atoms with van der Waals surface area (Å²) in [5, 5.41) is 2.76.